The molecule has 3 N–H and O–H groups in total. The van der Waals surface area contributed by atoms with Crippen LogP contribution in [0, 0.1) is 19.8 Å². The molecule has 1 unspecified atom stereocenters. The van der Waals surface area contributed by atoms with Crippen LogP contribution in [0.2, 0.25) is 0 Å². The van der Waals surface area contributed by atoms with E-state index < -0.39 is 0 Å². The van der Waals surface area contributed by atoms with E-state index in [2.05, 4.69) is 38.3 Å². The summed E-state index contributed by atoms with van der Waals surface area (Å²) in [6.45, 7) is 7.50. The van der Waals surface area contributed by atoms with Gasteiger partial charge in [0.25, 0.3) is 5.91 Å². The largest absolute Gasteiger partial charge is 0.370 e. The normalized spacial score (nSPS) is 19.5. The van der Waals surface area contributed by atoms with Gasteiger partial charge >= 0.3 is 0 Å². The number of likely N-dealkylation sites (tertiary alicyclic amines) is 1. The van der Waals surface area contributed by atoms with E-state index in [1.807, 2.05) is 36.9 Å². The number of carbonyl (C=O) groups is 1. The smallest absolute Gasteiger partial charge is 0.292 e. The Labute approximate surface area is 165 Å². The van der Waals surface area contributed by atoms with Crippen molar-refractivity contribution in [3.8, 4) is 0 Å². The molecule has 4 rings (SSSR count). The molecule has 1 atom stereocenters. The van der Waals surface area contributed by atoms with Gasteiger partial charge < -0.3 is 10.2 Å². The third kappa shape index (κ3) is 3.86. The number of carbonyl (C=O) groups excluding carboxylic acids is 1. The third-order valence-corrected chi connectivity index (χ3v) is 5.80. The first-order valence-corrected chi connectivity index (χ1v) is 10.0. The minimum absolute atomic E-state index is 0.0876. The van der Waals surface area contributed by atoms with Crippen molar-refractivity contribution >= 4 is 11.7 Å². The number of nitrogens with one attached hydrogen (secondary N) is 3. The summed E-state index contributed by atoms with van der Waals surface area (Å²) in [6.07, 6.45) is 2.03. The lowest BCUT2D eigenvalue weighted by Crippen LogP contribution is -2.45. The topological polar surface area (TPSA) is 82.2 Å². The molecule has 0 aliphatic carbocycles. The summed E-state index contributed by atoms with van der Waals surface area (Å²) in [7, 11) is 0. The van der Waals surface area contributed by atoms with Crippen LogP contribution in [0.5, 0.6) is 0 Å². The van der Waals surface area contributed by atoms with Crippen LogP contribution in [0.1, 0.15) is 46.3 Å². The fraction of sp³-hybridized carbons (Fsp3) is 0.476. The van der Waals surface area contributed by atoms with Gasteiger partial charge in [-0.05, 0) is 38.2 Å². The van der Waals surface area contributed by atoms with E-state index in [0.29, 0.717) is 5.92 Å². The molecular formula is C21H28N6O. The summed E-state index contributed by atoms with van der Waals surface area (Å²) < 4.78 is 0. The number of amides is 1. The Bertz CT molecular complexity index is 834. The van der Waals surface area contributed by atoms with Gasteiger partial charge in [0.05, 0.1) is 6.04 Å². The molecule has 7 nitrogen and oxygen atoms in total. The molecule has 1 amide bonds. The zero-order valence-electron chi connectivity index (χ0n) is 16.5. The standard InChI is InChI=1S/C21H28N6O/c1-14-15(2)25-20(26-19(14)22-10-8-16-12-23-24-13-16)21(28)27-11-9-18(27)17-6-4-3-5-7-17/h3-7,16,18,23-24H,8-13H2,1-2H3,(H,22,25,26). The number of nitrogens with zero attached hydrogens (tertiary/aromatic N) is 3. The first kappa shape index (κ1) is 18.8. The van der Waals surface area contributed by atoms with Crippen LogP contribution in [0.15, 0.2) is 30.3 Å². The van der Waals surface area contributed by atoms with Crippen molar-refractivity contribution < 1.29 is 4.79 Å². The van der Waals surface area contributed by atoms with Gasteiger partial charge in [0.1, 0.15) is 5.82 Å². The molecule has 3 heterocycles. The minimum Gasteiger partial charge on any atom is -0.370 e. The molecule has 0 saturated carbocycles. The van der Waals surface area contributed by atoms with Crippen LogP contribution >= 0.6 is 0 Å². The SMILES string of the molecule is Cc1nc(C(=O)N2CCC2c2ccccc2)nc(NCCC2CNNC2)c1C. The zero-order valence-corrected chi connectivity index (χ0v) is 16.5. The molecule has 0 spiro atoms. The van der Waals surface area contributed by atoms with Gasteiger partial charge in [-0.25, -0.2) is 9.97 Å². The lowest BCUT2D eigenvalue weighted by atomic mass is 9.94. The number of aromatic nitrogens is 2. The second kappa shape index (κ2) is 8.24. The van der Waals surface area contributed by atoms with Crippen LogP contribution in [0.3, 0.4) is 0 Å². The molecule has 2 aliphatic rings. The number of rotatable bonds is 6. The van der Waals surface area contributed by atoms with Crippen molar-refractivity contribution in [2.45, 2.75) is 32.7 Å². The number of aryl methyl sites for hydroxylation is 1. The fourth-order valence-corrected chi connectivity index (χ4v) is 3.78. The van der Waals surface area contributed by atoms with Gasteiger partial charge in [-0.1, -0.05) is 30.3 Å². The molecule has 2 saturated heterocycles. The molecule has 2 fully saturated rings. The van der Waals surface area contributed by atoms with Crippen molar-refractivity contribution in [2.24, 2.45) is 5.92 Å². The number of anilines is 1. The maximum Gasteiger partial charge on any atom is 0.292 e. The average molecular weight is 380 g/mol. The number of hydrazine groups is 1. The zero-order chi connectivity index (χ0) is 19.5. The number of hydrogen-bond acceptors (Lipinski definition) is 6. The van der Waals surface area contributed by atoms with Crippen molar-refractivity contribution in [3.05, 3.63) is 53.0 Å². The lowest BCUT2D eigenvalue weighted by molar-refractivity contribution is 0.0447. The molecule has 0 bridgehead atoms. The summed E-state index contributed by atoms with van der Waals surface area (Å²) in [4.78, 5) is 24.0. The minimum atomic E-state index is -0.0876. The monoisotopic (exact) mass is 380 g/mol. The Balaban J connectivity index is 1.46. The van der Waals surface area contributed by atoms with Gasteiger partial charge in [0.2, 0.25) is 5.82 Å². The predicted octanol–water partition coefficient (Wildman–Crippen LogP) is 2.21. The van der Waals surface area contributed by atoms with Crippen LogP contribution < -0.4 is 16.2 Å². The summed E-state index contributed by atoms with van der Waals surface area (Å²) in [5.41, 5.74) is 9.33. The number of hydrogen-bond donors (Lipinski definition) is 3. The molecule has 2 aromatic rings. The van der Waals surface area contributed by atoms with E-state index in [0.717, 1.165) is 56.1 Å². The fourth-order valence-electron chi connectivity index (χ4n) is 3.78. The average Bonchev–Trinajstić information content (AvgIpc) is 3.18. The van der Waals surface area contributed by atoms with E-state index in [9.17, 15) is 4.79 Å². The molecule has 0 radical (unpaired) electrons. The molecule has 28 heavy (non-hydrogen) atoms. The van der Waals surface area contributed by atoms with Crippen molar-refractivity contribution in [2.75, 3.05) is 31.5 Å². The summed E-state index contributed by atoms with van der Waals surface area (Å²) in [5.74, 6) is 1.59. The van der Waals surface area contributed by atoms with Gasteiger partial charge in [-0.3, -0.25) is 15.6 Å². The maximum atomic E-state index is 13.1. The van der Waals surface area contributed by atoms with Crippen molar-refractivity contribution in [1.82, 2.24) is 25.7 Å². The van der Waals surface area contributed by atoms with E-state index >= 15 is 0 Å². The highest BCUT2D eigenvalue weighted by atomic mass is 16.2. The Morgan fingerprint density at radius 3 is 2.61 bits per heavy atom. The highest BCUT2D eigenvalue weighted by Gasteiger charge is 2.35. The molecule has 1 aromatic carbocycles. The van der Waals surface area contributed by atoms with E-state index in [4.69, 9.17) is 0 Å². The van der Waals surface area contributed by atoms with Crippen LogP contribution in [-0.4, -0.2) is 47.0 Å². The predicted molar refractivity (Wildman–Crippen MR) is 109 cm³/mol. The van der Waals surface area contributed by atoms with Crippen LogP contribution in [-0.2, 0) is 0 Å². The third-order valence-electron chi connectivity index (χ3n) is 5.80. The van der Waals surface area contributed by atoms with Gasteiger partial charge in [0.15, 0.2) is 0 Å². The van der Waals surface area contributed by atoms with Gasteiger partial charge in [-0.2, -0.15) is 0 Å². The Hall–Kier alpha value is -2.51. The molecule has 148 valence electrons. The second-order valence-corrected chi connectivity index (χ2v) is 7.66. The maximum absolute atomic E-state index is 13.1. The summed E-state index contributed by atoms with van der Waals surface area (Å²) >= 11 is 0. The van der Waals surface area contributed by atoms with Crippen LogP contribution in [0.25, 0.3) is 0 Å². The van der Waals surface area contributed by atoms with E-state index in [1.165, 1.54) is 5.56 Å². The van der Waals surface area contributed by atoms with Crippen LogP contribution in [0.4, 0.5) is 5.82 Å². The highest BCUT2D eigenvalue weighted by Crippen LogP contribution is 2.34. The molecule has 1 aromatic heterocycles. The summed E-state index contributed by atoms with van der Waals surface area (Å²) in [6, 6.07) is 10.3. The lowest BCUT2D eigenvalue weighted by Gasteiger charge is -2.41. The highest BCUT2D eigenvalue weighted by molar-refractivity contribution is 5.92. The van der Waals surface area contributed by atoms with E-state index in [-0.39, 0.29) is 17.8 Å². The Morgan fingerprint density at radius 1 is 1.18 bits per heavy atom. The first-order valence-electron chi connectivity index (χ1n) is 10.0. The Morgan fingerprint density at radius 2 is 1.93 bits per heavy atom. The molecule has 2 aliphatic heterocycles. The first-order chi connectivity index (χ1) is 13.6. The van der Waals surface area contributed by atoms with Crippen molar-refractivity contribution in [1.29, 1.82) is 0 Å². The summed E-state index contributed by atoms with van der Waals surface area (Å²) in [5, 5.41) is 3.42. The molecule has 7 heteroatoms. The van der Waals surface area contributed by atoms with Gasteiger partial charge in [-0.15, -0.1) is 0 Å². The van der Waals surface area contributed by atoms with Gasteiger partial charge in [0, 0.05) is 37.4 Å². The van der Waals surface area contributed by atoms with E-state index in [1.54, 1.807) is 0 Å². The Kier molecular flexibility index (Phi) is 5.54. The molecular weight excluding hydrogens is 352 g/mol. The quantitative estimate of drug-likeness (QED) is 0.713. The number of benzene rings is 1. The second-order valence-electron chi connectivity index (χ2n) is 7.66. The van der Waals surface area contributed by atoms with Crippen molar-refractivity contribution in [3.63, 3.8) is 0 Å².